The average Bonchev–Trinajstić information content (AvgIpc) is 2.76. The lowest BCUT2D eigenvalue weighted by Gasteiger charge is -2.39. The molecule has 3 aromatic carbocycles. The smallest absolute Gasteiger partial charge is 0.202 e. The van der Waals surface area contributed by atoms with Gasteiger partial charge in [-0.15, -0.1) is 0 Å². The second-order valence-electron chi connectivity index (χ2n) is 8.16. The van der Waals surface area contributed by atoms with Gasteiger partial charge in [0, 0.05) is 25.2 Å². The van der Waals surface area contributed by atoms with Gasteiger partial charge in [0.15, 0.2) is 0 Å². The van der Waals surface area contributed by atoms with Gasteiger partial charge in [-0.25, -0.2) is 4.99 Å². The summed E-state index contributed by atoms with van der Waals surface area (Å²) in [4.78, 5) is 9.98. The summed E-state index contributed by atoms with van der Waals surface area (Å²) in [6, 6.07) is 32.2. The molecule has 3 heteroatoms. The Balaban J connectivity index is 2.04. The van der Waals surface area contributed by atoms with Crippen molar-refractivity contribution in [1.29, 1.82) is 0 Å². The number of hydrogen-bond donors (Lipinski definition) is 0. The van der Waals surface area contributed by atoms with E-state index in [2.05, 4.69) is 110 Å². The summed E-state index contributed by atoms with van der Waals surface area (Å²) >= 11 is 0. The highest BCUT2D eigenvalue weighted by Crippen LogP contribution is 2.20. The molecule has 0 N–H and O–H groups in total. The van der Waals surface area contributed by atoms with Crippen molar-refractivity contribution in [3.63, 3.8) is 0 Å². The Morgan fingerprint density at radius 1 is 0.600 bits per heavy atom. The lowest BCUT2D eigenvalue weighted by atomic mass is 10.1. The molecular formula is C27H33N3. The Hall–Kier alpha value is -3.07. The predicted octanol–water partition coefficient (Wildman–Crippen LogP) is 6.50. The minimum atomic E-state index is 0.310. The number of hydrogen-bond acceptors (Lipinski definition) is 1. The molecule has 0 bridgehead atoms. The van der Waals surface area contributed by atoms with E-state index in [4.69, 9.17) is 4.99 Å². The van der Waals surface area contributed by atoms with E-state index < -0.39 is 0 Å². The topological polar surface area (TPSA) is 18.8 Å². The van der Waals surface area contributed by atoms with Crippen LogP contribution in [0.25, 0.3) is 0 Å². The molecule has 0 radical (unpaired) electrons. The molecule has 0 aliphatic heterocycles. The first-order valence-electron chi connectivity index (χ1n) is 10.8. The van der Waals surface area contributed by atoms with Crippen molar-refractivity contribution in [1.82, 2.24) is 9.80 Å². The van der Waals surface area contributed by atoms with Crippen LogP contribution in [-0.2, 0) is 13.1 Å². The van der Waals surface area contributed by atoms with E-state index >= 15 is 0 Å². The van der Waals surface area contributed by atoms with Crippen molar-refractivity contribution in [3.05, 3.63) is 102 Å². The maximum absolute atomic E-state index is 5.16. The number of guanidine groups is 1. The Morgan fingerprint density at radius 3 is 1.33 bits per heavy atom. The monoisotopic (exact) mass is 399 g/mol. The third kappa shape index (κ3) is 5.96. The highest BCUT2D eigenvalue weighted by Gasteiger charge is 2.24. The molecule has 3 nitrogen and oxygen atoms in total. The molecule has 156 valence electrons. The molecule has 0 saturated heterocycles. The van der Waals surface area contributed by atoms with E-state index in [-0.39, 0.29) is 0 Å². The normalized spacial score (nSPS) is 10.9. The molecule has 0 aromatic heterocycles. The van der Waals surface area contributed by atoms with Crippen LogP contribution in [0.3, 0.4) is 0 Å². The second kappa shape index (κ2) is 10.6. The minimum absolute atomic E-state index is 0.310. The summed E-state index contributed by atoms with van der Waals surface area (Å²) in [7, 11) is 0. The van der Waals surface area contributed by atoms with E-state index in [9.17, 15) is 0 Å². The van der Waals surface area contributed by atoms with Crippen LogP contribution in [0.4, 0.5) is 5.69 Å². The fourth-order valence-electron chi connectivity index (χ4n) is 3.44. The second-order valence-corrected chi connectivity index (χ2v) is 8.16. The van der Waals surface area contributed by atoms with Crippen LogP contribution in [0.15, 0.2) is 96.0 Å². The lowest BCUT2D eigenvalue weighted by molar-refractivity contribution is 0.243. The quantitative estimate of drug-likeness (QED) is 0.334. The van der Waals surface area contributed by atoms with Gasteiger partial charge in [-0.1, -0.05) is 78.9 Å². The lowest BCUT2D eigenvalue weighted by Crippen LogP contribution is -2.49. The molecule has 0 amide bonds. The van der Waals surface area contributed by atoms with Crippen molar-refractivity contribution in [3.8, 4) is 0 Å². The maximum atomic E-state index is 5.16. The van der Waals surface area contributed by atoms with E-state index in [1.807, 2.05) is 18.2 Å². The van der Waals surface area contributed by atoms with Crippen LogP contribution in [0.1, 0.15) is 38.8 Å². The first-order chi connectivity index (χ1) is 14.5. The molecule has 3 rings (SSSR count). The van der Waals surface area contributed by atoms with Crippen LogP contribution in [0.5, 0.6) is 0 Å². The van der Waals surface area contributed by atoms with Gasteiger partial charge < -0.3 is 9.80 Å². The molecule has 0 unspecified atom stereocenters. The molecule has 0 heterocycles. The van der Waals surface area contributed by atoms with Gasteiger partial charge in [-0.3, -0.25) is 0 Å². The first kappa shape index (κ1) is 21.6. The van der Waals surface area contributed by atoms with Gasteiger partial charge in [0.1, 0.15) is 0 Å². The third-order valence-electron chi connectivity index (χ3n) is 5.14. The Bertz CT molecular complexity index is 847. The summed E-state index contributed by atoms with van der Waals surface area (Å²) in [5, 5.41) is 0. The number of aliphatic imine (C=N–C) groups is 1. The van der Waals surface area contributed by atoms with Crippen molar-refractivity contribution >= 4 is 11.6 Å². The number of rotatable bonds is 7. The minimum Gasteiger partial charge on any atom is -0.336 e. The van der Waals surface area contributed by atoms with Gasteiger partial charge in [0.2, 0.25) is 5.96 Å². The van der Waals surface area contributed by atoms with Crippen molar-refractivity contribution in [2.24, 2.45) is 4.99 Å². The highest BCUT2D eigenvalue weighted by atomic mass is 15.4. The van der Waals surface area contributed by atoms with Crippen molar-refractivity contribution in [2.45, 2.75) is 52.9 Å². The van der Waals surface area contributed by atoms with E-state index in [1.165, 1.54) is 11.1 Å². The average molecular weight is 400 g/mol. The Kier molecular flexibility index (Phi) is 7.67. The van der Waals surface area contributed by atoms with Crippen LogP contribution in [-0.4, -0.2) is 27.8 Å². The van der Waals surface area contributed by atoms with Gasteiger partial charge in [0.25, 0.3) is 0 Å². The van der Waals surface area contributed by atoms with Gasteiger partial charge in [-0.05, 0) is 51.0 Å². The molecule has 0 spiro atoms. The van der Waals surface area contributed by atoms with Crippen LogP contribution in [0.2, 0.25) is 0 Å². The zero-order chi connectivity index (χ0) is 21.3. The molecule has 3 aromatic rings. The van der Waals surface area contributed by atoms with Gasteiger partial charge in [0.05, 0.1) is 5.69 Å². The number of para-hydroxylation sites is 1. The summed E-state index contributed by atoms with van der Waals surface area (Å²) in [5.74, 6) is 1.01. The van der Waals surface area contributed by atoms with E-state index in [0.717, 1.165) is 24.7 Å². The van der Waals surface area contributed by atoms with E-state index in [1.54, 1.807) is 0 Å². The standard InChI is InChI=1S/C27H33N3/c1-22(2)29(20-24-14-8-5-9-15-24)27(28-26-18-12-7-13-19-26)30(23(3)4)21-25-16-10-6-11-17-25/h5-19,22-23H,20-21H2,1-4H3. The van der Waals surface area contributed by atoms with Crippen molar-refractivity contribution < 1.29 is 0 Å². The Morgan fingerprint density at radius 2 is 0.967 bits per heavy atom. The highest BCUT2D eigenvalue weighted by molar-refractivity contribution is 5.83. The van der Waals surface area contributed by atoms with Crippen molar-refractivity contribution in [2.75, 3.05) is 0 Å². The summed E-state index contributed by atoms with van der Waals surface area (Å²) in [6.45, 7) is 10.6. The van der Waals surface area contributed by atoms with E-state index in [0.29, 0.717) is 12.1 Å². The van der Waals surface area contributed by atoms with Crippen LogP contribution in [0, 0.1) is 0 Å². The molecular weight excluding hydrogens is 366 g/mol. The molecule has 30 heavy (non-hydrogen) atoms. The third-order valence-corrected chi connectivity index (χ3v) is 5.14. The summed E-state index contributed by atoms with van der Waals surface area (Å²) < 4.78 is 0. The first-order valence-corrected chi connectivity index (χ1v) is 10.8. The summed E-state index contributed by atoms with van der Waals surface area (Å²) in [6.07, 6.45) is 0. The molecule has 0 aliphatic carbocycles. The fourth-order valence-corrected chi connectivity index (χ4v) is 3.44. The zero-order valence-electron chi connectivity index (χ0n) is 18.6. The zero-order valence-corrected chi connectivity index (χ0v) is 18.6. The number of nitrogens with zero attached hydrogens (tertiary/aromatic N) is 3. The van der Waals surface area contributed by atoms with Gasteiger partial charge in [-0.2, -0.15) is 0 Å². The number of benzene rings is 3. The SMILES string of the molecule is CC(C)N(Cc1ccccc1)C(=Nc1ccccc1)N(Cc1ccccc1)C(C)C. The molecule has 0 saturated carbocycles. The molecule has 0 fully saturated rings. The molecule has 0 atom stereocenters. The maximum Gasteiger partial charge on any atom is 0.202 e. The van der Waals surface area contributed by atoms with Crippen LogP contribution < -0.4 is 0 Å². The molecule has 0 aliphatic rings. The fraction of sp³-hybridized carbons (Fsp3) is 0.296. The van der Waals surface area contributed by atoms with Gasteiger partial charge >= 0.3 is 0 Å². The Labute approximate surface area is 181 Å². The largest absolute Gasteiger partial charge is 0.336 e. The van der Waals surface area contributed by atoms with Crippen LogP contribution >= 0.6 is 0 Å². The predicted molar refractivity (Wildman–Crippen MR) is 128 cm³/mol. The summed E-state index contributed by atoms with van der Waals surface area (Å²) in [5.41, 5.74) is 3.55.